The molecule has 7 heteroatoms. The number of hydrogen-bond acceptors (Lipinski definition) is 5. The molecule has 1 N–H and O–H groups in total. The molecule has 0 aromatic carbocycles. The molecular weight excluding hydrogens is 324 g/mol. The van der Waals surface area contributed by atoms with Crippen LogP contribution in [0.5, 0.6) is 0 Å². The quantitative estimate of drug-likeness (QED) is 0.744. The second kappa shape index (κ2) is 8.53. The van der Waals surface area contributed by atoms with Crippen LogP contribution in [0.15, 0.2) is 16.3 Å². The third-order valence-corrected chi connectivity index (χ3v) is 7.14. The summed E-state index contributed by atoms with van der Waals surface area (Å²) in [5, 5.41) is 5.15. The first-order valence-electron chi connectivity index (χ1n) is 7.11. The monoisotopic (exact) mass is 350 g/mol. The maximum absolute atomic E-state index is 12.8. The predicted molar refractivity (Wildman–Crippen MR) is 93.7 cm³/mol. The minimum atomic E-state index is -3.42. The molecule has 0 spiro atoms. The van der Waals surface area contributed by atoms with Gasteiger partial charge in [0.25, 0.3) is 0 Å². The molecule has 0 amide bonds. The SMILES string of the molecule is CCC(CSC)N(C)S(=O)(=O)c1ccsc1CNC(C)C. The van der Waals surface area contributed by atoms with Crippen molar-refractivity contribution in [2.24, 2.45) is 0 Å². The molecule has 0 saturated heterocycles. The predicted octanol–water partition coefficient (Wildman–Crippen LogP) is 3.01. The summed E-state index contributed by atoms with van der Waals surface area (Å²) in [6, 6.07) is 2.09. The van der Waals surface area contributed by atoms with Crippen LogP contribution in [0.1, 0.15) is 32.1 Å². The lowest BCUT2D eigenvalue weighted by Gasteiger charge is -2.26. The largest absolute Gasteiger partial charge is 0.310 e. The van der Waals surface area contributed by atoms with Crippen LogP contribution in [0.3, 0.4) is 0 Å². The van der Waals surface area contributed by atoms with E-state index in [2.05, 4.69) is 19.2 Å². The van der Waals surface area contributed by atoms with Crippen LogP contribution in [0, 0.1) is 0 Å². The van der Waals surface area contributed by atoms with Gasteiger partial charge >= 0.3 is 0 Å². The molecule has 1 heterocycles. The standard InChI is InChI=1S/C14H26N2O2S3/c1-6-12(10-19-5)16(4)21(17,18)14-7-8-20-13(14)9-15-11(2)3/h7-8,11-12,15H,6,9-10H2,1-5H3. The minimum Gasteiger partial charge on any atom is -0.310 e. The van der Waals surface area contributed by atoms with Crippen LogP contribution < -0.4 is 5.32 Å². The van der Waals surface area contributed by atoms with Crippen LogP contribution in [0.2, 0.25) is 0 Å². The molecule has 1 atom stereocenters. The Balaban J connectivity index is 2.99. The molecule has 0 bridgehead atoms. The number of thiophene rings is 1. The molecule has 0 aliphatic heterocycles. The lowest BCUT2D eigenvalue weighted by atomic mass is 10.3. The molecule has 0 saturated carbocycles. The van der Waals surface area contributed by atoms with Crippen molar-refractivity contribution in [2.45, 2.75) is 50.7 Å². The Hall–Kier alpha value is -0.0800. The van der Waals surface area contributed by atoms with E-state index in [-0.39, 0.29) is 6.04 Å². The molecular formula is C14H26N2O2S3. The number of nitrogens with zero attached hydrogens (tertiary/aromatic N) is 1. The van der Waals surface area contributed by atoms with Crippen LogP contribution in [-0.2, 0) is 16.6 Å². The van der Waals surface area contributed by atoms with E-state index in [1.165, 1.54) is 15.6 Å². The number of rotatable bonds is 9. The highest BCUT2D eigenvalue weighted by atomic mass is 32.2. The van der Waals surface area contributed by atoms with E-state index in [9.17, 15) is 8.42 Å². The Morgan fingerprint density at radius 2 is 2.10 bits per heavy atom. The van der Waals surface area contributed by atoms with Crippen LogP contribution >= 0.6 is 23.1 Å². The molecule has 0 aliphatic rings. The van der Waals surface area contributed by atoms with Crippen molar-refractivity contribution in [1.82, 2.24) is 9.62 Å². The minimum absolute atomic E-state index is 0.0378. The van der Waals surface area contributed by atoms with E-state index < -0.39 is 10.0 Å². The van der Waals surface area contributed by atoms with E-state index in [0.29, 0.717) is 17.5 Å². The van der Waals surface area contributed by atoms with Gasteiger partial charge in [-0.25, -0.2) is 8.42 Å². The average molecular weight is 351 g/mol. The summed E-state index contributed by atoms with van der Waals surface area (Å²) in [4.78, 5) is 1.33. The van der Waals surface area contributed by atoms with E-state index in [1.807, 2.05) is 18.6 Å². The van der Waals surface area contributed by atoms with Crippen LogP contribution in [0.25, 0.3) is 0 Å². The van der Waals surface area contributed by atoms with Gasteiger partial charge in [0, 0.05) is 36.3 Å². The Kier molecular flexibility index (Phi) is 7.70. The Bertz CT molecular complexity index is 526. The molecule has 1 aromatic heterocycles. The van der Waals surface area contributed by atoms with Crippen molar-refractivity contribution in [1.29, 1.82) is 0 Å². The topological polar surface area (TPSA) is 49.4 Å². The molecule has 122 valence electrons. The molecule has 4 nitrogen and oxygen atoms in total. The fourth-order valence-corrected chi connectivity index (χ4v) is 5.74. The summed E-state index contributed by atoms with van der Waals surface area (Å²) in [7, 11) is -1.73. The van der Waals surface area contributed by atoms with Gasteiger partial charge in [-0.05, 0) is 24.1 Å². The summed E-state index contributed by atoms with van der Waals surface area (Å²) < 4.78 is 27.2. The fraction of sp³-hybridized carbons (Fsp3) is 0.714. The molecule has 1 unspecified atom stereocenters. The average Bonchev–Trinajstić information content (AvgIpc) is 2.90. The zero-order valence-electron chi connectivity index (χ0n) is 13.4. The maximum Gasteiger partial charge on any atom is 0.244 e. The van der Waals surface area contributed by atoms with Crippen molar-refractivity contribution in [3.63, 3.8) is 0 Å². The highest BCUT2D eigenvalue weighted by Crippen LogP contribution is 2.27. The normalized spacial score (nSPS) is 14.0. The van der Waals surface area contributed by atoms with E-state index >= 15 is 0 Å². The third-order valence-electron chi connectivity index (χ3n) is 3.38. The van der Waals surface area contributed by atoms with E-state index in [4.69, 9.17) is 0 Å². The van der Waals surface area contributed by atoms with Gasteiger partial charge in [0.1, 0.15) is 0 Å². The molecule has 21 heavy (non-hydrogen) atoms. The summed E-state index contributed by atoms with van der Waals surface area (Å²) in [5.41, 5.74) is 0. The molecule has 0 aliphatic carbocycles. The summed E-state index contributed by atoms with van der Waals surface area (Å²) >= 11 is 3.17. The maximum atomic E-state index is 12.8. The number of sulfonamides is 1. The number of hydrogen-bond donors (Lipinski definition) is 1. The molecule has 1 rings (SSSR count). The lowest BCUT2D eigenvalue weighted by molar-refractivity contribution is 0.385. The van der Waals surface area contributed by atoms with Gasteiger partial charge in [-0.3, -0.25) is 0 Å². The first-order valence-corrected chi connectivity index (χ1v) is 10.8. The highest BCUT2D eigenvalue weighted by molar-refractivity contribution is 7.98. The van der Waals surface area contributed by atoms with Crippen molar-refractivity contribution in [3.8, 4) is 0 Å². The smallest absolute Gasteiger partial charge is 0.244 e. The van der Waals surface area contributed by atoms with E-state index in [0.717, 1.165) is 17.1 Å². The first-order chi connectivity index (χ1) is 9.84. The van der Waals surface area contributed by atoms with Crippen molar-refractivity contribution in [3.05, 3.63) is 16.3 Å². The van der Waals surface area contributed by atoms with Gasteiger partial charge in [-0.1, -0.05) is 20.8 Å². The fourth-order valence-electron chi connectivity index (χ4n) is 2.01. The van der Waals surface area contributed by atoms with E-state index in [1.54, 1.807) is 24.9 Å². The summed E-state index contributed by atoms with van der Waals surface area (Å²) in [5.74, 6) is 0.815. The van der Waals surface area contributed by atoms with Crippen molar-refractivity contribution < 1.29 is 8.42 Å². The van der Waals surface area contributed by atoms with Crippen LogP contribution in [0.4, 0.5) is 0 Å². The Morgan fingerprint density at radius 1 is 1.43 bits per heavy atom. The van der Waals surface area contributed by atoms with Gasteiger partial charge in [0.2, 0.25) is 10.0 Å². The second-order valence-electron chi connectivity index (χ2n) is 5.28. The van der Waals surface area contributed by atoms with Gasteiger partial charge in [-0.2, -0.15) is 16.1 Å². The molecule has 0 fully saturated rings. The van der Waals surface area contributed by atoms with Crippen molar-refractivity contribution in [2.75, 3.05) is 19.1 Å². The van der Waals surface area contributed by atoms with Gasteiger partial charge in [0.05, 0.1) is 4.90 Å². The third kappa shape index (κ3) is 4.96. The van der Waals surface area contributed by atoms with Crippen LogP contribution in [-0.4, -0.2) is 43.9 Å². The lowest BCUT2D eigenvalue weighted by Crippen LogP contribution is -2.38. The molecule has 0 radical (unpaired) electrons. The number of thioether (sulfide) groups is 1. The highest BCUT2D eigenvalue weighted by Gasteiger charge is 2.29. The number of nitrogens with one attached hydrogen (secondary N) is 1. The zero-order valence-corrected chi connectivity index (χ0v) is 15.9. The Labute approximate surface area is 137 Å². The van der Waals surface area contributed by atoms with Gasteiger partial charge < -0.3 is 5.32 Å². The summed E-state index contributed by atoms with van der Waals surface area (Å²) in [6.45, 7) is 6.73. The zero-order chi connectivity index (χ0) is 16.0. The first kappa shape index (κ1) is 19.0. The second-order valence-corrected chi connectivity index (χ2v) is 9.16. The molecule has 1 aromatic rings. The Morgan fingerprint density at radius 3 is 2.62 bits per heavy atom. The van der Waals surface area contributed by atoms with Crippen molar-refractivity contribution >= 4 is 33.1 Å². The summed E-state index contributed by atoms with van der Waals surface area (Å²) in [6.07, 6.45) is 2.83. The van der Waals surface area contributed by atoms with Gasteiger partial charge in [-0.15, -0.1) is 11.3 Å². The van der Waals surface area contributed by atoms with Gasteiger partial charge in [0.15, 0.2) is 0 Å².